The lowest BCUT2D eigenvalue weighted by Crippen LogP contribution is -2.20. The molecule has 0 saturated heterocycles. The van der Waals surface area contributed by atoms with Gasteiger partial charge in [0.25, 0.3) is 5.91 Å². The lowest BCUT2D eigenvalue weighted by Gasteiger charge is -2.04. The predicted molar refractivity (Wildman–Crippen MR) is 108 cm³/mol. The molecule has 2 aromatic carbocycles. The standard InChI is InChI=1S/C21H19FN2O4S/c1-14-2-4-15(5-3-14)18-12-20(28-24-18)23-19(25)13-27-21(26)10-11-29-17-8-6-16(22)7-9-17/h2-9,12H,10-11,13H2,1H3,(H,23,25). The first kappa shape index (κ1) is 20.6. The molecular weight excluding hydrogens is 395 g/mol. The number of carbonyl (C=O) groups excluding carboxylic acids is 2. The number of carbonyl (C=O) groups is 2. The number of hydrogen-bond acceptors (Lipinski definition) is 6. The Morgan fingerprint density at radius 3 is 2.59 bits per heavy atom. The van der Waals surface area contributed by atoms with Crippen molar-refractivity contribution in [3.8, 4) is 11.3 Å². The van der Waals surface area contributed by atoms with E-state index in [9.17, 15) is 14.0 Å². The van der Waals surface area contributed by atoms with Gasteiger partial charge in [0.1, 0.15) is 11.5 Å². The molecule has 0 fully saturated rings. The van der Waals surface area contributed by atoms with Crippen LogP contribution in [0.25, 0.3) is 11.3 Å². The van der Waals surface area contributed by atoms with E-state index < -0.39 is 18.5 Å². The Balaban J connectivity index is 1.38. The van der Waals surface area contributed by atoms with E-state index in [0.717, 1.165) is 16.0 Å². The van der Waals surface area contributed by atoms with Gasteiger partial charge in [-0.15, -0.1) is 11.8 Å². The number of aromatic nitrogens is 1. The molecule has 3 aromatic rings. The predicted octanol–water partition coefficient (Wildman–Crippen LogP) is 4.45. The molecule has 6 nitrogen and oxygen atoms in total. The topological polar surface area (TPSA) is 81.4 Å². The molecule has 1 heterocycles. The van der Waals surface area contributed by atoms with E-state index in [1.807, 2.05) is 31.2 Å². The fourth-order valence-electron chi connectivity index (χ4n) is 2.37. The van der Waals surface area contributed by atoms with Crippen LogP contribution in [-0.4, -0.2) is 29.4 Å². The first-order valence-corrected chi connectivity index (χ1v) is 9.86. The monoisotopic (exact) mass is 414 g/mol. The summed E-state index contributed by atoms with van der Waals surface area (Å²) in [7, 11) is 0. The van der Waals surface area contributed by atoms with E-state index >= 15 is 0 Å². The first-order chi connectivity index (χ1) is 14.0. The van der Waals surface area contributed by atoms with Crippen molar-refractivity contribution >= 4 is 29.5 Å². The van der Waals surface area contributed by atoms with Crippen LogP contribution in [0.2, 0.25) is 0 Å². The minimum absolute atomic E-state index is 0.134. The highest BCUT2D eigenvalue weighted by Gasteiger charge is 2.12. The van der Waals surface area contributed by atoms with Gasteiger partial charge in [0.2, 0.25) is 5.88 Å². The summed E-state index contributed by atoms with van der Waals surface area (Å²) in [5, 5.41) is 6.42. The molecule has 0 aliphatic carbocycles. The van der Waals surface area contributed by atoms with E-state index in [-0.39, 0.29) is 18.1 Å². The molecule has 0 saturated carbocycles. The van der Waals surface area contributed by atoms with Gasteiger partial charge in [-0.05, 0) is 31.2 Å². The van der Waals surface area contributed by atoms with Crippen molar-refractivity contribution in [2.75, 3.05) is 17.7 Å². The van der Waals surface area contributed by atoms with Crippen LogP contribution < -0.4 is 5.32 Å². The highest BCUT2D eigenvalue weighted by Crippen LogP contribution is 2.22. The zero-order valence-corrected chi connectivity index (χ0v) is 16.5. The summed E-state index contributed by atoms with van der Waals surface area (Å²) >= 11 is 1.40. The molecule has 0 aliphatic rings. The number of anilines is 1. The third-order valence-corrected chi connectivity index (χ3v) is 4.89. The quantitative estimate of drug-likeness (QED) is 0.433. The summed E-state index contributed by atoms with van der Waals surface area (Å²) in [5.41, 5.74) is 2.59. The largest absolute Gasteiger partial charge is 0.456 e. The van der Waals surface area contributed by atoms with Gasteiger partial charge in [-0.1, -0.05) is 35.0 Å². The summed E-state index contributed by atoms with van der Waals surface area (Å²) < 4.78 is 22.9. The van der Waals surface area contributed by atoms with Crippen LogP contribution in [0.15, 0.2) is 64.0 Å². The van der Waals surface area contributed by atoms with Gasteiger partial charge in [0.15, 0.2) is 6.61 Å². The van der Waals surface area contributed by atoms with Crippen molar-refractivity contribution in [2.45, 2.75) is 18.2 Å². The second-order valence-electron chi connectivity index (χ2n) is 6.20. The second kappa shape index (κ2) is 9.88. The minimum atomic E-state index is -0.517. The summed E-state index contributed by atoms with van der Waals surface area (Å²) in [6.45, 7) is 1.57. The molecule has 3 rings (SSSR count). The van der Waals surface area contributed by atoms with Crippen molar-refractivity contribution < 1.29 is 23.2 Å². The molecule has 150 valence electrons. The van der Waals surface area contributed by atoms with Crippen LogP contribution in [0.3, 0.4) is 0 Å². The van der Waals surface area contributed by atoms with E-state index in [4.69, 9.17) is 9.26 Å². The molecule has 0 unspecified atom stereocenters. The zero-order chi connectivity index (χ0) is 20.6. The third kappa shape index (κ3) is 6.46. The second-order valence-corrected chi connectivity index (χ2v) is 7.37. The number of thioether (sulfide) groups is 1. The van der Waals surface area contributed by atoms with E-state index in [1.165, 1.54) is 23.9 Å². The smallest absolute Gasteiger partial charge is 0.307 e. The Labute approximate surface area is 171 Å². The maximum absolute atomic E-state index is 12.8. The molecule has 0 spiro atoms. The van der Waals surface area contributed by atoms with E-state index in [0.29, 0.717) is 11.4 Å². The normalized spacial score (nSPS) is 10.6. The fraction of sp³-hybridized carbons (Fsp3) is 0.190. The number of aryl methyl sites for hydroxylation is 1. The lowest BCUT2D eigenvalue weighted by atomic mass is 10.1. The van der Waals surface area contributed by atoms with Crippen LogP contribution in [0.5, 0.6) is 0 Å². The number of hydrogen-bond donors (Lipinski definition) is 1. The number of benzene rings is 2. The van der Waals surface area contributed by atoms with Crippen LogP contribution >= 0.6 is 11.8 Å². The van der Waals surface area contributed by atoms with E-state index in [2.05, 4.69) is 10.5 Å². The maximum atomic E-state index is 12.8. The number of halogens is 1. The first-order valence-electron chi connectivity index (χ1n) is 8.87. The van der Waals surface area contributed by atoms with Gasteiger partial charge >= 0.3 is 5.97 Å². The van der Waals surface area contributed by atoms with Crippen molar-refractivity contribution in [3.05, 3.63) is 66.0 Å². The molecule has 0 radical (unpaired) electrons. The van der Waals surface area contributed by atoms with Crippen LogP contribution in [0, 0.1) is 12.7 Å². The van der Waals surface area contributed by atoms with Crippen molar-refractivity contribution in [2.24, 2.45) is 0 Å². The Morgan fingerprint density at radius 1 is 1.14 bits per heavy atom. The molecule has 8 heteroatoms. The van der Waals surface area contributed by atoms with E-state index in [1.54, 1.807) is 18.2 Å². The highest BCUT2D eigenvalue weighted by molar-refractivity contribution is 7.99. The van der Waals surface area contributed by atoms with Gasteiger partial charge in [0, 0.05) is 22.3 Å². The molecule has 0 bridgehead atoms. The number of nitrogens with one attached hydrogen (secondary N) is 1. The van der Waals surface area contributed by atoms with Gasteiger partial charge < -0.3 is 9.26 Å². The number of esters is 1. The minimum Gasteiger partial charge on any atom is -0.456 e. The third-order valence-electron chi connectivity index (χ3n) is 3.87. The maximum Gasteiger partial charge on any atom is 0.307 e. The molecule has 0 aliphatic heterocycles. The summed E-state index contributed by atoms with van der Waals surface area (Å²) in [6, 6.07) is 15.3. The Hall–Kier alpha value is -3.13. The average Bonchev–Trinajstić information content (AvgIpc) is 3.17. The Bertz CT molecular complexity index is 971. The Kier molecular flexibility index (Phi) is 7.02. The summed E-state index contributed by atoms with van der Waals surface area (Å²) in [4.78, 5) is 24.5. The number of amides is 1. The van der Waals surface area contributed by atoms with Crippen LogP contribution in [-0.2, 0) is 14.3 Å². The summed E-state index contributed by atoms with van der Waals surface area (Å²) in [5.74, 6) is -0.677. The molecule has 1 aromatic heterocycles. The van der Waals surface area contributed by atoms with Gasteiger partial charge in [0.05, 0.1) is 6.42 Å². The van der Waals surface area contributed by atoms with Crippen molar-refractivity contribution in [1.82, 2.24) is 5.16 Å². The number of rotatable bonds is 8. The number of ether oxygens (including phenoxy) is 1. The zero-order valence-electron chi connectivity index (χ0n) is 15.7. The molecular formula is C21H19FN2O4S. The van der Waals surface area contributed by atoms with Crippen molar-refractivity contribution in [1.29, 1.82) is 0 Å². The molecule has 29 heavy (non-hydrogen) atoms. The number of nitrogens with zero attached hydrogens (tertiary/aromatic N) is 1. The highest BCUT2D eigenvalue weighted by atomic mass is 32.2. The van der Waals surface area contributed by atoms with Gasteiger partial charge in [-0.25, -0.2) is 4.39 Å². The van der Waals surface area contributed by atoms with Crippen LogP contribution in [0.4, 0.5) is 10.3 Å². The van der Waals surface area contributed by atoms with Crippen molar-refractivity contribution in [3.63, 3.8) is 0 Å². The Morgan fingerprint density at radius 2 is 1.86 bits per heavy atom. The lowest BCUT2D eigenvalue weighted by molar-refractivity contribution is -0.146. The van der Waals surface area contributed by atoms with Gasteiger partial charge in [-0.3, -0.25) is 14.9 Å². The molecule has 0 atom stereocenters. The van der Waals surface area contributed by atoms with Gasteiger partial charge in [-0.2, -0.15) is 0 Å². The average molecular weight is 414 g/mol. The fourth-order valence-corrected chi connectivity index (χ4v) is 3.20. The SMILES string of the molecule is Cc1ccc(-c2cc(NC(=O)COC(=O)CCSc3ccc(F)cc3)on2)cc1. The summed E-state index contributed by atoms with van der Waals surface area (Å²) in [6.07, 6.45) is 0.134. The molecule has 1 N–H and O–H groups in total. The van der Waals surface area contributed by atoms with Crippen LogP contribution in [0.1, 0.15) is 12.0 Å². The molecule has 1 amide bonds.